The average molecular weight is 448 g/mol. The second kappa shape index (κ2) is 16.6. The molecule has 0 spiro atoms. The van der Waals surface area contributed by atoms with Crippen LogP contribution in [0, 0.1) is 13.8 Å². The molecule has 0 saturated carbocycles. The summed E-state index contributed by atoms with van der Waals surface area (Å²) in [6.45, 7) is 16.0. The minimum Gasteiger partial charge on any atom is -0.497 e. The van der Waals surface area contributed by atoms with Gasteiger partial charge in [-0.2, -0.15) is 0 Å². The number of hydrogen-bond donors (Lipinski definition) is 2. The first-order valence-corrected chi connectivity index (χ1v) is 11.4. The van der Waals surface area contributed by atoms with Crippen LogP contribution >= 0.6 is 12.6 Å². The SMILES string of the molecule is C=NC(N)c1ccc(OC)cc1.CC.CCN(C)CCc1cc(C)c(OCS)cc1C. The van der Waals surface area contributed by atoms with Gasteiger partial charge in [0.1, 0.15) is 23.6 Å². The summed E-state index contributed by atoms with van der Waals surface area (Å²) in [4.78, 5) is 6.03. The molecule has 0 aliphatic rings. The van der Waals surface area contributed by atoms with Crippen molar-refractivity contribution < 1.29 is 9.47 Å². The van der Waals surface area contributed by atoms with Crippen LogP contribution in [-0.2, 0) is 6.42 Å². The molecule has 2 rings (SSSR count). The summed E-state index contributed by atoms with van der Waals surface area (Å²) in [5.74, 6) is 2.19. The molecule has 1 atom stereocenters. The zero-order chi connectivity index (χ0) is 23.8. The number of nitrogens with zero attached hydrogens (tertiary/aromatic N) is 2. The first-order chi connectivity index (χ1) is 14.9. The Hall–Kier alpha value is -2.02. The van der Waals surface area contributed by atoms with Gasteiger partial charge >= 0.3 is 0 Å². The van der Waals surface area contributed by atoms with Gasteiger partial charge in [0.15, 0.2) is 0 Å². The molecule has 31 heavy (non-hydrogen) atoms. The van der Waals surface area contributed by atoms with Crippen LogP contribution < -0.4 is 15.2 Å². The van der Waals surface area contributed by atoms with Gasteiger partial charge in [0.2, 0.25) is 0 Å². The Morgan fingerprint density at radius 3 is 2.23 bits per heavy atom. The van der Waals surface area contributed by atoms with Gasteiger partial charge in [-0.1, -0.05) is 39.0 Å². The smallest absolute Gasteiger partial charge is 0.131 e. The third-order valence-corrected chi connectivity index (χ3v) is 4.94. The number of rotatable bonds is 9. The monoisotopic (exact) mass is 447 g/mol. The Morgan fingerprint density at radius 1 is 1.13 bits per heavy atom. The van der Waals surface area contributed by atoms with Crippen LogP contribution in [-0.4, -0.2) is 44.8 Å². The standard InChI is InChI=1S/C14H23NOS.C9H12N2O.C2H6/c1-5-15(4)7-6-13-8-12(3)14(16-10-17)9-11(13)2;1-11-9(10)7-3-5-8(12-2)6-4-7;1-2/h8-9,17H,5-7,10H2,1-4H3;3-6,9H,1,10H2,2H3;1-2H3. The van der Waals surface area contributed by atoms with Crippen molar-refractivity contribution in [1.82, 2.24) is 4.90 Å². The minimum atomic E-state index is -0.337. The van der Waals surface area contributed by atoms with Gasteiger partial charge in [0, 0.05) is 6.54 Å². The number of nitrogens with two attached hydrogens (primary N) is 1. The van der Waals surface area contributed by atoms with Gasteiger partial charge in [-0.15, -0.1) is 12.6 Å². The normalized spacial score (nSPS) is 10.9. The number of benzene rings is 2. The third-order valence-electron chi connectivity index (χ3n) is 4.81. The number of hydrogen-bond acceptors (Lipinski definition) is 6. The summed E-state index contributed by atoms with van der Waals surface area (Å²) in [5, 5.41) is 0. The highest BCUT2D eigenvalue weighted by atomic mass is 32.1. The molecule has 5 nitrogen and oxygen atoms in total. The summed E-state index contributed by atoms with van der Waals surface area (Å²) in [6.07, 6.45) is 0.758. The van der Waals surface area contributed by atoms with Crippen molar-refractivity contribution in [2.24, 2.45) is 10.7 Å². The van der Waals surface area contributed by atoms with E-state index < -0.39 is 0 Å². The van der Waals surface area contributed by atoms with Crippen LogP contribution in [0.1, 0.15) is 49.2 Å². The van der Waals surface area contributed by atoms with E-state index in [1.54, 1.807) is 7.11 Å². The molecule has 2 N–H and O–H groups in total. The Morgan fingerprint density at radius 2 is 1.74 bits per heavy atom. The Kier molecular flexibility index (Phi) is 15.6. The summed E-state index contributed by atoms with van der Waals surface area (Å²) in [6, 6.07) is 11.8. The topological polar surface area (TPSA) is 60.1 Å². The van der Waals surface area contributed by atoms with Crippen molar-refractivity contribution in [2.75, 3.05) is 33.2 Å². The molecule has 0 aliphatic carbocycles. The summed E-state index contributed by atoms with van der Waals surface area (Å²) in [7, 11) is 3.78. The van der Waals surface area contributed by atoms with Crippen LogP contribution in [0.4, 0.5) is 0 Å². The molecule has 6 heteroatoms. The van der Waals surface area contributed by atoms with E-state index in [0.29, 0.717) is 5.94 Å². The maximum Gasteiger partial charge on any atom is 0.131 e. The molecule has 0 amide bonds. The molecule has 0 aromatic heterocycles. The highest BCUT2D eigenvalue weighted by Gasteiger charge is 2.06. The van der Waals surface area contributed by atoms with Crippen molar-refractivity contribution in [3.8, 4) is 11.5 Å². The lowest BCUT2D eigenvalue weighted by Crippen LogP contribution is -2.20. The predicted molar refractivity (Wildman–Crippen MR) is 138 cm³/mol. The maximum atomic E-state index is 5.62. The van der Waals surface area contributed by atoms with Crippen molar-refractivity contribution >= 4 is 19.3 Å². The quantitative estimate of drug-likeness (QED) is 0.305. The largest absolute Gasteiger partial charge is 0.497 e. The van der Waals surface area contributed by atoms with E-state index in [1.165, 1.54) is 16.7 Å². The highest BCUT2D eigenvalue weighted by Crippen LogP contribution is 2.23. The molecule has 0 aliphatic heterocycles. The number of methoxy groups -OCH3 is 1. The van der Waals surface area contributed by atoms with Crippen LogP contribution in [0.2, 0.25) is 0 Å². The lowest BCUT2D eigenvalue weighted by molar-refractivity contribution is 0.357. The second-order valence-electron chi connectivity index (χ2n) is 6.86. The van der Waals surface area contributed by atoms with E-state index in [1.807, 2.05) is 38.1 Å². The molecular formula is C25H41N3O2S. The van der Waals surface area contributed by atoms with Crippen LogP contribution in [0.5, 0.6) is 11.5 Å². The van der Waals surface area contributed by atoms with E-state index in [9.17, 15) is 0 Å². The second-order valence-corrected chi connectivity index (χ2v) is 7.12. The van der Waals surface area contributed by atoms with Gasteiger partial charge < -0.3 is 20.1 Å². The maximum absolute atomic E-state index is 5.62. The zero-order valence-corrected chi connectivity index (χ0v) is 21.2. The molecule has 0 radical (unpaired) electrons. The first kappa shape index (κ1) is 29.0. The van der Waals surface area contributed by atoms with Crippen molar-refractivity contribution in [3.63, 3.8) is 0 Å². The molecular weight excluding hydrogens is 406 g/mol. The summed E-state index contributed by atoms with van der Waals surface area (Å²) < 4.78 is 10.5. The molecule has 1 unspecified atom stereocenters. The number of likely N-dealkylation sites (N-methyl/N-ethyl adjacent to an activating group) is 1. The van der Waals surface area contributed by atoms with E-state index in [4.69, 9.17) is 15.2 Å². The van der Waals surface area contributed by atoms with Crippen LogP contribution in [0.3, 0.4) is 0 Å². The summed E-state index contributed by atoms with van der Waals surface area (Å²) >= 11 is 4.09. The fourth-order valence-corrected chi connectivity index (χ4v) is 2.86. The van der Waals surface area contributed by atoms with Gasteiger partial charge in [-0.05, 0) is 81.0 Å². The minimum absolute atomic E-state index is 0.337. The molecule has 0 saturated heterocycles. The predicted octanol–water partition coefficient (Wildman–Crippen LogP) is 5.44. The van der Waals surface area contributed by atoms with Crippen molar-refractivity contribution in [3.05, 3.63) is 58.7 Å². The van der Waals surface area contributed by atoms with Crippen LogP contribution in [0.25, 0.3) is 0 Å². The lowest BCUT2D eigenvalue weighted by atomic mass is 10.0. The Bertz CT molecular complexity index is 751. The average Bonchev–Trinajstić information content (AvgIpc) is 2.81. The van der Waals surface area contributed by atoms with Gasteiger partial charge in [-0.25, -0.2) is 0 Å². The lowest BCUT2D eigenvalue weighted by Gasteiger charge is -2.16. The zero-order valence-electron chi connectivity index (χ0n) is 20.3. The number of aliphatic imine (C=N–C) groups is 1. The van der Waals surface area contributed by atoms with Gasteiger partial charge in [-0.3, -0.25) is 4.99 Å². The number of ether oxygens (including phenoxy) is 2. The Labute approximate surface area is 195 Å². The van der Waals surface area contributed by atoms with Gasteiger partial charge in [0.25, 0.3) is 0 Å². The van der Waals surface area contributed by atoms with Crippen molar-refractivity contribution in [1.29, 1.82) is 0 Å². The molecule has 0 bridgehead atoms. The van der Waals surface area contributed by atoms with E-state index >= 15 is 0 Å². The first-order valence-electron chi connectivity index (χ1n) is 10.7. The van der Waals surface area contributed by atoms with E-state index in [2.05, 4.69) is 69.2 Å². The van der Waals surface area contributed by atoms with Crippen molar-refractivity contribution in [2.45, 2.75) is 47.2 Å². The molecule has 0 heterocycles. The number of thiol groups is 1. The molecule has 2 aromatic carbocycles. The Balaban J connectivity index is 0.000000564. The van der Waals surface area contributed by atoms with Crippen LogP contribution in [0.15, 0.2) is 41.4 Å². The summed E-state index contributed by atoms with van der Waals surface area (Å²) in [5.41, 5.74) is 10.5. The fourth-order valence-electron chi connectivity index (χ4n) is 2.72. The third kappa shape index (κ3) is 10.7. The van der Waals surface area contributed by atoms with E-state index in [0.717, 1.165) is 36.6 Å². The molecule has 174 valence electrons. The number of aryl methyl sites for hydroxylation is 2. The van der Waals surface area contributed by atoms with Gasteiger partial charge in [0.05, 0.1) is 7.11 Å². The molecule has 0 fully saturated rings. The fraction of sp³-hybridized carbons (Fsp3) is 0.480. The van der Waals surface area contributed by atoms with E-state index in [-0.39, 0.29) is 6.17 Å². The highest BCUT2D eigenvalue weighted by molar-refractivity contribution is 7.80. The molecule has 2 aromatic rings.